The van der Waals surface area contributed by atoms with Gasteiger partial charge in [0.1, 0.15) is 0 Å². The molecule has 0 saturated carbocycles. The highest BCUT2D eigenvalue weighted by Crippen LogP contribution is 2.23. The van der Waals surface area contributed by atoms with Crippen molar-refractivity contribution in [2.75, 3.05) is 45.1 Å². The van der Waals surface area contributed by atoms with E-state index in [0.717, 1.165) is 42.0 Å². The first kappa shape index (κ1) is 18.9. The Balaban J connectivity index is 1.46. The molecule has 4 heteroatoms. The van der Waals surface area contributed by atoms with Crippen molar-refractivity contribution in [1.29, 1.82) is 0 Å². The Morgan fingerprint density at radius 3 is 2.88 bits per heavy atom. The number of fused-ring (bicyclic) bond motifs is 1. The van der Waals surface area contributed by atoms with Gasteiger partial charge in [-0.15, -0.1) is 0 Å². The van der Waals surface area contributed by atoms with Gasteiger partial charge in [-0.1, -0.05) is 43.3 Å². The van der Waals surface area contributed by atoms with Crippen molar-refractivity contribution in [3.05, 3.63) is 42.5 Å². The zero-order valence-electron chi connectivity index (χ0n) is 16.1. The molecule has 0 aliphatic carbocycles. The van der Waals surface area contributed by atoms with Crippen molar-refractivity contribution in [2.24, 2.45) is 5.92 Å². The molecule has 1 saturated heterocycles. The van der Waals surface area contributed by atoms with Crippen LogP contribution in [0, 0.1) is 5.92 Å². The van der Waals surface area contributed by atoms with Gasteiger partial charge in [-0.05, 0) is 50.3 Å². The molecule has 1 fully saturated rings. The summed E-state index contributed by atoms with van der Waals surface area (Å²) in [5.41, 5.74) is 0.911. The third-order valence-electron chi connectivity index (χ3n) is 5.26. The molecule has 1 N–H and O–H groups in total. The molecule has 4 nitrogen and oxygen atoms in total. The first-order chi connectivity index (χ1) is 12.7. The number of nitrogens with zero attached hydrogens (tertiary/aromatic N) is 2. The molecule has 1 heterocycles. The predicted octanol–water partition coefficient (Wildman–Crippen LogP) is 3.83. The molecular formula is C22H31N3O. The van der Waals surface area contributed by atoms with Crippen LogP contribution in [0.3, 0.4) is 0 Å². The Morgan fingerprint density at radius 2 is 2.04 bits per heavy atom. The first-order valence-electron chi connectivity index (χ1n) is 9.84. The molecule has 0 unspecified atom stereocenters. The molecule has 1 aliphatic heterocycles. The van der Waals surface area contributed by atoms with Crippen LogP contribution in [0.2, 0.25) is 0 Å². The third-order valence-corrected chi connectivity index (χ3v) is 5.26. The van der Waals surface area contributed by atoms with E-state index in [9.17, 15) is 4.79 Å². The molecule has 1 aliphatic rings. The molecule has 140 valence electrons. The summed E-state index contributed by atoms with van der Waals surface area (Å²) in [6.07, 6.45) is 3.01. The Hall–Kier alpha value is -1.91. The van der Waals surface area contributed by atoms with Gasteiger partial charge in [0.05, 0.1) is 0 Å². The van der Waals surface area contributed by atoms with Gasteiger partial charge >= 0.3 is 0 Å². The number of hydrogen-bond acceptors (Lipinski definition) is 3. The molecular weight excluding hydrogens is 322 g/mol. The zero-order chi connectivity index (χ0) is 18.4. The van der Waals surface area contributed by atoms with E-state index in [0.29, 0.717) is 6.42 Å². The van der Waals surface area contributed by atoms with Crippen LogP contribution in [0.5, 0.6) is 0 Å². The molecule has 0 bridgehead atoms. The topological polar surface area (TPSA) is 35.6 Å². The average Bonchev–Trinajstić information content (AvgIpc) is 3.08. The summed E-state index contributed by atoms with van der Waals surface area (Å²) in [4.78, 5) is 17.3. The molecule has 1 atom stereocenters. The van der Waals surface area contributed by atoms with E-state index < -0.39 is 0 Å². The minimum atomic E-state index is 0.105. The maximum Gasteiger partial charge on any atom is 0.225 e. The van der Waals surface area contributed by atoms with Crippen LogP contribution in [0.1, 0.15) is 26.2 Å². The minimum absolute atomic E-state index is 0.105. The van der Waals surface area contributed by atoms with E-state index in [1.807, 2.05) is 24.3 Å². The normalized spacial score (nSPS) is 17.9. The van der Waals surface area contributed by atoms with Crippen molar-refractivity contribution in [2.45, 2.75) is 26.2 Å². The van der Waals surface area contributed by atoms with E-state index >= 15 is 0 Å². The maximum absolute atomic E-state index is 12.4. The number of carbonyl (C=O) groups excluding carboxylic acids is 1. The SMILES string of the molecule is CCCN(C)C[C@H]1CCN(CCC(=O)Nc2cccc3ccccc23)C1. The molecule has 0 aromatic heterocycles. The second-order valence-electron chi connectivity index (χ2n) is 7.54. The predicted molar refractivity (Wildman–Crippen MR) is 110 cm³/mol. The van der Waals surface area contributed by atoms with Crippen molar-refractivity contribution in [3.63, 3.8) is 0 Å². The lowest BCUT2D eigenvalue weighted by atomic mass is 10.1. The van der Waals surface area contributed by atoms with Crippen LogP contribution in [0.25, 0.3) is 10.8 Å². The molecule has 2 aromatic carbocycles. The van der Waals surface area contributed by atoms with Crippen LogP contribution in [0.15, 0.2) is 42.5 Å². The smallest absolute Gasteiger partial charge is 0.225 e. The van der Waals surface area contributed by atoms with Gasteiger partial charge in [0, 0.05) is 37.1 Å². The number of rotatable bonds is 8. The quantitative estimate of drug-likeness (QED) is 0.783. The van der Waals surface area contributed by atoms with Crippen LogP contribution in [-0.2, 0) is 4.79 Å². The summed E-state index contributed by atoms with van der Waals surface area (Å²) in [6, 6.07) is 14.2. The van der Waals surface area contributed by atoms with E-state index in [2.05, 4.69) is 47.3 Å². The van der Waals surface area contributed by atoms with Crippen LogP contribution < -0.4 is 5.32 Å². The lowest BCUT2D eigenvalue weighted by molar-refractivity contribution is -0.116. The number of anilines is 1. The third kappa shape index (κ3) is 5.05. The maximum atomic E-state index is 12.4. The first-order valence-corrected chi connectivity index (χ1v) is 9.84. The molecule has 0 radical (unpaired) electrons. The highest BCUT2D eigenvalue weighted by atomic mass is 16.1. The molecule has 26 heavy (non-hydrogen) atoms. The lowest BCUT2D eigenvalue weighted by Gasteiger charge is -2.21. The molecule has 1 amide bonds. The largest absolute Gasteiger partial charge is 0.325 e. The van der Waals surface area contributed by atoms with Crippen molar-refractivity contribution in [3.8, 4) is 0 Å². The second kappa shape index (κ2) is 9.15. The minimum Gasteiger partial charge on any atom is -0.325 e. The van der Waals surface area contributed by atoms with Crippen LogP contribution >= 0.6 is 0 Å². The number of likely N-dealkylation sites (tertiary alicyclic amines) is 1. The Kier molecular flexibility index (Phi) is 6.64. The summed E-state index contributed by atoms with van der Waals surface area (Å²) in [7, 11) is 2.21. The zero-order valence-corrected chi connectivity index (χ0v) is 16.1. The number of benzene rings is 2. The highest BCUT2D eigenvalue weighted by Gasteiger charge is 2.23. The number of carbonyl (C=O) groups is 1. The van der Waals surface area contributed by atoms with Gasteiger partial charge in [0.2, 0.25) is 5.91 Å². The monoisotopic (exact) mass is 353 g/mol. The lowest BCUT2D eigenvalue weighted by Crippen LogP contribution is -2.30. The molecule has 2 aromatic rings. The van der Waals surface area contributed by atoms with Gasteiger partial charge in [0.15, 0.2) is 0 Å². The van der Waals surface area contributed by atoms with Gasteiger partial charge in [-0.25, -0.2) is 0 Å². The van der Waals surface area contributed by atoms with Gasteiger partial charge in [-0.2, -0.15) is 0 Å². The van der Waals surface area contributed by atoms with E-state index in [1.165, 1.54) is 25.9 Å². The Labute approximate surface area is 157 Å². The van der Waals surface area contributed by atoms with Crippen LogP contribution in [0.4, 0.5) is 5.69 Å². The Morgan fingerprint density at radius 1 is 1.23 bits per heavy atom. The van der Waals surface area contributed by atoms with E-state index in [1.54, 1.807) is 0 Å². The summed E-state index contributed by atoms with van der Waals surface area (Å²) in [5, 5.41) is 5.35. The summed E-state index contributed by atoms with van der Waals surface area (Å²) < 4.78 is 0. The van der Waals surface area contributed by atoms with Crippen molar-refractivity contribution in [1.82, 2.24) is 9.80 Å². The van der Waals surface area contributed by atoms with Crippen molar-refractivity contribution < 1.29 is 4.79 Å². The summed E-state index contributed by atoms with van der Waals surface area (Å²) >= 11 is 0. The number of hydrogen-bond donors (Lipinski definition) is 1. The highest BCUT2D eigenvalue weighted by molar-refractivity contribution is 6.02. The van der Waals surface area contributed by atoms with Gasteiger partial charge < -0.3 is 15.1 Å². The molecule has 0 spiro atoms. The standard InChI is InChI=1S/C22H31N3O/c1-3-13-24(2)16-18-11-14-25(17-18)15-12-22(26)23-21-10-6-8-19-7-4-5-9-20(19)21/h4-10,18H,3,11-17H2,1-2H3,(H,23,26)/t18-/m1/s1. The summed E-state index contributed by atoms with van der Waals surface area (Å²) in [6.45, 7) is 7.66. The average molecular weight is 354 g/mol. The molecule has 3 rings (SSSR count). The van der Waals surface area contributed by atoms with Crippen LogP contribution in [-0.4, -0.2) is 55.5 Å². The summed E-state index contributed by atoms with van der Waals surface area (Å²) in [5.74, 6) is 0.848. The number of amides is 1. The fourth-order valence-corrected chi connectivity index (χ4v) is 3.99. The van der Waals surface area contributed by atoms with Gasteiger partial charge in [-0.3, -0.25) is 4.79 Å². The van der Waals surface area contributed by atoms with Crippen molar-refractivity contribution >= 4 is 22.4 Å². The van der Waals surface area contributed by atoms with Gasteiger partial charge in [0.25, 0.3) is 0 Å². The second-order valence-corrected chi connectivity index (χ2v) is 7.54. The fraction of sp³-hybridized carbons (Fsp3) is 0.500. The van der Waals surface area contributed by atoms with E-state index in [4.69, 9.17) is 0 Å². The fourth-order valence-electron chi connectivity index (χ4n) is 3.99. The Bertz CT molecular complexity index is 725. The number of nitrogens with one attached hydrogen (secondary N) is 1. The van der Waals surface area contributed by atoms with E-state index in [-0.39, 0.29) is 5.91 Å².